The number of aromatic nitrogens is 2. The lowest BCUT2D eigenvalue weighted by Gasteiger charge is -2.15. The molecule has 1 aromatic heterocycles. The molecular formula is C16H21N3O. The van der Waals surface area contributed by atoms with Gasteiger partial charge >= 0.3 is 0 Å². The van der Waals surface area contributed by atoms with E-state index in [1.54, 1.807) is 7.11 Å². The van der Waals surface area contributed by atoms with Gasteiger partial charge in [0.25, 0.3) is 0 Å². The summed E-state index contributed by atoms with van der Waals surface area (Å²) in [4.78, 5) is 8.31. The molecule has 1 aliphatic carbocycles. The van der Waals surface area contributed by atoms with E-state index in [0.29, 0.717) is 5.92 Å². The maximum atomic E-state index is 5.21. The number of methoxy groups -OCH3 is 1. The Morgan fingerprint density at radius 3 is 2.70 bits per heavy atom. The van der Waals surface area contributed by atoms with E-state index in [2.05, 4.69) is 29.4 Å². The van der Waals surface area contributed by atoms with E-state index in [1.165, 1.54) is 23.4 Å². The van der Waals surface area contributed by atoms with Gasteiger partial charge in [-0.3, -0.25) is 0 Å². The van der Waals surface area contributed by atoms with Crippen molar-refractivity contribution in [1.29, 1.82) is 0 Å². The van der Waals surface area contributed by atoms with Crippen LogP contribution in [0.3, 0.4) is 0 Å². The van der Waals surface area contributed by atoms with Crippen molar-refractivity contribution in [2.24, 2.45) is 0 Å². The summed E-state index contributed by atoms with van der Waals surface area (Å²) in [7, 11) is 3.65. The zero-order valence-corrected chi connectivity index (χ0v) is 12.2. The molecule has 2 atom stereocenters. The average molecular weight is 271 g/mol. The third kappa shape index (κ3) is 2.20. The number of ether oxygens (including phenoxy) is 1. The minimum Gasteiger partial charge on any atom is -0.497 e. The van der Waals surface area contributed by atoms with Crippen molar-refractivity contribution in [2.75, 3.05) is 14.2 Å². The summed E-state index contributed by atoms with van der Waals surface area (Å²) in [6.07, 6.45) is 2.32. The van der Waals surface area contributed by atoms with E-state index in [9.17, 15) is 0 Å². The quantitative estimate of drug-likeness (QED) is 0.899. The molecule has 0 saturated heterocycles. The number of benzene rings is 1. The zero-order chi connectivity index (χ0) is 14.1. The highest BCUT2D eigenvalue weighted by Crippen LogP contribution is 2.32. The summed E-state index contributed by atoms with van der Waals surface area (Å²) in [5.41, 5.74) is 3.74. The van der Waals surface area contributed by atoms with Gasteiger partial charge in [0.1, 0.15) is 11.6 Å². The highest BCUT2D eigenvalue weighted by atomic mass is 16.5. The Labute approximate surface area is 119 Å². The fraction of sp³-hybridized carbons (Fsp3) is 0.438. The SMILES string of the molecule is CNC(c1ccc(OC)cc1)c1nc2c([nH]1)CCC2C. The first kappa shape index (κ1) is 13.2. The number of hydrogen-bond donors (Lipinski definition) is 2. The van der Waals surface area contributed by atoms with Gasteiger partial charge in [-0.25, -0.2) is 4.98 Å². The number of hydrogen-bond acceptors (Lipinski definition) is 3. The number of nitrogens with one attached hydrogen (secondary N) is 2. The molecule has 0 fully saturated rings. The van der Waals surface area contributed by atoms with E-state index < -0.39 is 0 Å². The van der Waals surface area contributed by atoms with Crippen LogP contribution >= 0.6 is 0 Å². The molecule has 0 spiro atoms. The van der Waals surface area contributed by atoms with Crippen LogP contribution in [0.1, 0.15) is 48.1 Å². The lowest BCUT2D eigenvalue weighted by Crippen LogP contribution is -2.19. The molecule has 3 rings (SSSR count). The third-order valence-corrected chi connectivity index (χ3v) is 4.13. The van der Waals surface area contributed by atoms with Crippen molar-refractivity contribution in [3.05, 3.63) is 47.0 Å². The van der Waals surface area contributed by atoms with Gasteiger partial charge in [-0.05, 0) is 37.6 Å². The predicted molar refractivity (Wildman–Crippen MR) is 79.2 cm³/mol. The monoisotopic (exact) mass is 271 g/mol. The molecule has 20 heavy (non-hydrogen) atoms. The highest BCUT2D eigenvalue weighted by Gasteiger charge is 2.25. The van der Waals surface area contributed by atoms with Gasteiger partial charge in [-0.1, -0.05) is 19.1 Å². The van der Waals surface area contributed by atoms with Crippen LogP contribution in [0.4, 0.5) is 0 Å². The van der Waals surface area contributed by atoms with Gasteiger partial charge in [-0.2, -0.15) is 0 Å². The molecule has 0 amide bonds. The van der Waals surface area contributed by atoms with Gasteiger partial charge in [0, 0.05) is 11.6 Å². The maximum Gasteiger partial charge on any atom is 0.128 e. The summed E-state index contributed by atoms with van der Waals surface area (Å²) in [5, 5.41) is 3.34. The van der Waals surface area contributed by atoms with Crippen LogP contribution < -0.4 is 10.1 Å². The van der Waals surface area contributed by atoms with E-state index in [4.69, 9.17) is 9.72 Å². The Morgan fingerprint density at radius 2 is 2.10 bits per heavy atom. The molecule has 2 aromatic rings. The molecule has 1 aliphatic rings. The van der Waals surface area contributed by atoms with Crippen molar-refractivity contribution in [1.82, 2.24) is 15.3 Å². The standard InChI is InChI=1S/C16H21N3O/c1-10-4-9-13-14(10)19-16(18-13)15(17-2)11-5-7-12(20-3)8-6-11/h5-8,10,15,17H,4,9H2,1-3H3,(H,18,19). The predicted octanol–water partition coefficient (Wildman–Crippen LogP) is 2.78. The van der Waals surface area contributed by atoms with Gasteiger partial charge in [-0.15, -0.1) is 0 Å². The third-order valence-electron chi connectivity index (χ3n) is 4.13. The minimum absolute atomic E-state index is 0.0960. The second kappa shape index (κ2) is 5.29. The Hall–Kier alpha value is -1.81. The zero-order valence-electron chi connectivity index (χ0n) is 12.2. The average Bonchev–Trinajstić information content (AvgIpc) is 3.03. The van der Waals surface area contributed by atoms with Crippen LogP contribution in [0.5, 0.6) is 5.75 Å². The van der Waals surface area contributed by atoms with E-state index >= 15 is 0 Å². The smallest absolute Gasteiger partial charge is 0.128 e. The van der Waals surface area contributed by atoms with Crippen molar-refractivity contribution in [2.45, 2.75) is 31.7 Å². The van der Waals surface area contributed by atoms with Crippen LogP contribution in [0.15, 0.2) is 24.3 Å². The molecular weight excluding hydrogens is 250 g/mol. The summed E-state index contributed by atoms with van der Waals surface area (Å²) < 4.78 is 5.21. The van der Waals surface area contributed by atoms with Crippen molar-refractivity contribution in [3.8, 4) is 5.75 Å². The van der Waals surface area contributed by atoms with Crippen molar-refractivity contribution in [3.63, 3.8) is 0 Å². The molecule has 1 aromatic carbocycles. The summed E-state index contributed by atoms with van der Waals surface area (Å²) in [6, 6.07) is 8.23. The molecule has 0 bridgehead atoms. The second-order valence-corrected chi connectivity index (χ2v) is 5.42. The van der Waals surface area contributed by atoms with E-state index in [1.807, 2.05) is 19.2 Å². The maximum absolute atomic E-state index is 5.21. The molecule has 0 aliphatic heterocycles. The van der Waals surface area contributed by atoms with Crippen LogP contribution in [-0.2, 0) is 6.42 Å². The normalized spacial score (nSPS) is 18.9. The fourth-order valence-corrected chi connectivity index (χ4v) is 2.93. The van der Waals surface area contributed by atoms with E-state index in [0.717, 1.165) is 18.0 Å². The Kier molecular flexibility index (Phi) is 3.49. The largest absolute Gasteiger partial charge is 0.497 e. The minimum atomic E-state index is 0.0960. The molecule has 4 heteroatoms. The van der Waals surface area contributed by atoms with Crippen molar-refractivity contribution >= 4 is 0 Å². The number of aryl methyl sites for hydroxylation is 1. The molecule has 106 valence electrons. The lowest BCUT2D eigenvalue weighted by molar-refractivity contribution is 0.414. The number of H-pyrrole nitrogens is 1. The fourth-order valence-electron chi connectivity index (χ4n) is 2.93. The first-order valence-corrected chi connectivity index (χ1v) is 7.12. The molecule has 4 nitrogen and oxygen atoms in total. The second-order valence-electron chi connectivity index (χ2n) is 5.42. The van der Waals surface area contributed by atoms with Gasteiger partial charge in [0.15, 0.2) is 0 Å². The Bertz CT molecular complexity index is 588. The molecule has 2 N–H and O–H groups in total. The number of nitrogens with zero attached hydrogens (tertiary/aromatic N) is 1. The van der Waals surface area contributed by atoms with Crippen LogP contribution in [0, 0.1) is 0 Å². The number of imidazole rings is 1. The van der Waals surface area contributed by atoms with Crippen molar-refractivity contribution < 1.29 is 4.74 Å². The highest BCUT2D eigenvalue weighted by molar-refractivity contribution is 5.34. The molecule has 1 heterocycles. The van der Waals surface area contributed by atoms with E-state index in [-0.39, 0.29) is 6.04 Å². The molecule has 0 radical (unpaired) electrons. The van der Waals surface area contributed by atoms with Crippen LogP contribution in [0.2, 0.25) is 0 Å². The van der Waals surface area contributed by atoms with Crippen LogP contribution in [-0.4, -0.2) is 24.1 Å². The van der Waals surface area contributed by atoms with Crippen LogP contribution in [0.25, 0.3) is 0 Å². The number of aromatic amines is 1. The molecule has 0 saturated carbocycles. The molecule has 2 unspecified atom stereocenters. The Balaban J connectivity index is 1.91. The van der Waals surface area contributed by atoms with Gasteiger partial charge in [0.2, 0.25) is 0 Å². The topological polar surface area (TPSA) is 49.9 Å². The number of fused-ring (bicyclic) bond motifs is 1. The Morgan fingerprint density at radius 1 is 1.35 bits per heavy atom. The first-order valence-electron chi connectivity index (χ1n) is 7.12. The number of rotatable bonds is 4. The summed E-state index contributed by atoms with van der Waals surface area (Å²) in [5.74, 6) is 2.46. The van der Waals surface area contributed by atoms with Gasteiger partial charge < -0.3 is 15.0 Å². The summed E-state index contributed by atoms with van der Waals surface area (Å²) in [6.45, 7) is 2.25. The lowest BCUT2D eigenvalue weighted by atomic mass is 10.1. The van der Waals surface area contributed by atoms with Gasteiger partial charge in [0.05, 0.1) is 18.8 Å². The summed E-state index contributed by atoms with van der Waals surface area (Å²) >= 11 is 0. The first-order chi connectivity index (χ1) is 9.72.